The maximum atomic E-state index is 13.2. The fourth-order valence-electron chi connectivity index (χ4n) is 2.69. The van der Waals surface area contributed by atoms with Gasteiger partial charge in [-0.2, -0.15) is 0 Å². The molecule has 0 saturated heterocycles. The monoisotopic (exact) mass is 309 g/mol. The van der Waals surface area contributed by atoms with Crippen molar-refractivity contribution in [2.75, 3.05) is 11.9 Å². The van der Waals surface area contributed by atoms with Crippen molar-refractivity contribution in [1.29, 1.82) is 0 Å². The molecule has 3 heteroatoms. The summed E-state index contributed by atoms with van der Waals surface area (Å²) in [6.07, 6.45) is 0.0723. The summed E-state index contributed by atoms with van der Waals surface area (Å²) >= 11 is 0. The summed E-state index contributed by atoms with van der Waals surface area (Å²) in [5.74, 6) is -0.202. The topological polar surface area (TPSA) is 32.3 Å². The third-order valence-electron chi connectivity index (χ3n) is 4.06. The van der Waals surface area contributed by atoms with Crippen LogP contribution in [-0.2, 0) is 0 Å². The van der Waals surface area contributed by atoms with Gasteiger partial charge in [-0.05, 0) is 59.5 Å². The Morgan fingerprint density at radius 1 is 1.00 bits per heavy atom. The molecule has 0 radical (unpaired) electrons. The molecule has 23 heavy (non-hydrogen) atoms. The molecular weight excluding hydrogens is 289 g/mol. The number of hydrogen-bond acceptors (Lipinski definition) is 2. The Morgan fingerprint density at radius 3 is 2.57 bits per heavy atom. The molecule has 0 amide bonds. The summed E-state index contributed by atoms with van der Waals surface area (Å²) in [7, 11) is 0. The minimum atomic E-state index is -0.520. The SMILES string of the molecule is Cc1cc(NCCC(O)c2ccc3ccccc3c2)ccc1F. The van der Waals surface area contributed by atoms with Crippen LogP contribution in [0.3, 0.4) is 0 Å². The number of fused-ring (bicyclic) bond motifs is 1. The zero-order valence-electron chi connectivity index (χ0n) is 13.1. The van der Waals surface area contributed by atoms with Gasteiger partial charge in [0.2, 0.25) is 0 Å². The summed E-state index contributed by atoms with van der Waals surface area (Å²) in [5, 5.41) is 15.9. The van der Waals surface area contributed by atoms with Gasteiger partial charge in [-0.1, -0.05) is 36.4 Å². The maximum absolute atomic E-state index is 13.2. The molecule has 3 rings (SSSR count). The number of halogens is 1. The van der Waals surface area contributed by atoms with E-state index in [-0.39, 0.29) is 5.82 Å². The molecule has 0 bridgehead atoms. The lowest BCUT2D eigenvalue weighted by molar-refractivity contribution is 0.172. The van der Waals surface area contributed by atoms with Crippen LogP contribution in [0, 0.1) is 12.7 Å². The van der Waals surface area contributed by atoms with Gasteiger partial charge < -0.3 is 10.4 Å². The van der Waals surface area contributed by atoms with E-state index in [1.54, 1.807) is 19.1 Å². The van der Waals surface area contributed by atoms with E-state index in [0.717, 1.165) is 16.6 Å². The highest BCUT2D eigenvalue weighted by molar-refractivity contribution is 5.83. The van der Waals surface area contributed by atoms with Crippen molar-refractivity contribution >= 4 is 16.5 Å². The zero-order valence-corrected chi connectivity index (χ0v) is 13.1. The molecule has 118 valence electrons. The van der Waals surface area contributed by atoms with Crippen molar-refractivity contribution in [3.05, 3.63) is 77.6 Å². The molecule has 0 aliphatic rings. The van der Waals surface area contributed by atoms with Crippen LogP contribution in [-0.4, -0.2) is 11.7 Å². The van der Waals surface area contributed by atoms with Crippen LogP contribution in [0.2, 0.25) is 0 Å². The predicted octanol–water partition coefficient (Wildman–Crippen LogP) is 4.82. The van der Waals surface area contributed by atoms with Crippen molar-refractivity contribution < 1.29 is 9.50 Å². The minimum Gasteiger partial charge on any atom is -0.388 e. The summed E-state index contributed by atoms with van der Waals surface area (Å²) in [6, 6.07) is 19.1. The van der Waals surface area contributed by atoms with Gasteiger partial charge in [0, 0.05) is 12.2 Å². The minimum absolute atomic E-state index is 0.202. The lowest BCUT2D eigenvalue weighted by atomic mass is 10.0. The number of aliphatic hydroxyl groups is 1. The van der Waals surface area contributed by atoms with E-state index >= 15 is 0 Å². The Morgan fingerprint density at radius 2 is 1.78 bits per heavy atom. The maximum Gasteiger partial charge on any atom is 0.126 e. The van der Waals surface area contributed by atoms with Crippen LogP contribution in [0.5, 0.6) is 0 Å². The van der Waals surface area contributed by atoms with E-state index in [4.69, 9.17) is 0 Å². The fourth-order valence-corrected chi connectivity index (χ4v) is 2.69. The Balaban J connectivity index is 1.61. The largest absolute Gasteiger partial charge is 0.388 e. The Hall–Kier alpha value is -2.39. The van der Waals surface area contributed by atoms with E-state index < -0.39 is 6.10 Å². The van der Waals surface area contributed by atoms with Crippen molar-refractivity contribution in [1.82, 2.24) is 0 Å². The average Bonchev–Trinajstić information content (AvgIpc) is 2.57. The highest BCUT2D eigenvalue weighted by Gasteiger charge is 2.08. The van der Waals surface area contributed by atoms with Gasteiger partial charge in [-0.25, -0.2) is 4.39 Å². The first-order chi connectivity index (χ1) is 11.1. The molecule has 0 aliphatic carbocycles. The number of benzene rings is 3. The van der Waals surface area contributed by atoms with E-state index in [9.17, 15) is 9.50 Å². The Bertz CT molecular complexity index is 816. The number of aryl methyl sites for hydroxylation is 1. The van der Waals surface area contributed by atoms with E-state index in [1.165, 1.54) is 11.5 Å². The van der Waals surface area contributed by atoms with Crippen LogP contribution in [0.25, 0.3) is 10.8 Å². The molecule has 2 nitrogen and oxygen atoms in total. The number of nitrogens with one attached hydrogen (secondary N) is 1. The normalized spacial score (nSPS) is 12.3. The van der Waals surface area contributed by atoms with Crippen molar-refractivity contribution in [3.8, 4) is 0 Å². The lowest BCUT2D eigenvalue weighted by Gasteiger charge is -2.13. The van der Waals surface area contributed by atoms with Crippen LogP contribution >= 0.6 is 0 Å². The molecule has 0 spiro atoms. The number of aliphatic hydroxyl groups excluding tert-OH is 1. The summed E-state index contributed by atoms with van der Waals surface area (Å²) in [5.41, 5.74) is 2.40. The smallest absolute Gasteiger partial charge is 0.126 e. The van der Waals surface area contributed by atoms with Gasteiger partial charge in [0.1, 0.15) is 5.82 Å². The second kappa shape index (κ2) is 6.80. The first-order valence-electron chi connectivity index (χ1n) is 7.80. The first kappa shape index (κ1) is 15.5. The number of anilines is 1. The van der Waals surface area contributed by atoms with E-state index in [0.29, 0.717) is 18.5 Å². The standard InChI is InChI=1S/C20H20FNO/c1-14-12-18(8-9-19(14)21)22-11-10-20(23)17-7-6-15-4-2-3-5-16(15)13-17/h2-9,12-13,20,22-23H,10-11H2,1H3. The van der Waals surface area contributed by atoms with Crippen LogP contribution in [0.1, 0.15) is 23.7 Å². The van der Waals surface area contributed by atoms with E-state index in [1.807, 2.05) is 36.4 Å². The second-order valence-electron chi connectivity index (χ2n) is 5.80. The highest BCUT2D eigenvalue weighted by Crippen LogP contribution is 2.22. The second-order valence-corrected chi connectivity index (χ2v) is 5.80. The quantitative estimate of drug-likeness (QED) is 0.708. The molecule has 2 N–H and O–H groups in total. The molecule has 0 heterocycles. The summed E-state index contributed by atoms with van der Waals surface area (Å²) in [6.45, 7) is 2.36. The van der Waals surface area contributed by atoms with Gasteiger partial charge in [0.05, 0.1) is 6.10 Å². The van der Waals surface area contributed by atoms with Crippen molar-refractivity contribution in [2.45, 2.75) is 19.4 Å². The lowest BCUT2D eigenvalue weighted by Crippen LogP contribution is -2.08. The van der Waals surface area contributed by atoms with Gasteiger partial charge in [0.25, 0.3) is 0 Å². The summed E-state index contributed by atoms with van der Waals surface area (Å²) < 4.78 is 13.2. The van der Waals surface area contributed by atoms with Crippen molar-refractivity contribution in [2.24, 2.45) is 0 Å². The van der Waals surface area contributed by atoms with Crippen molar-refractivity contribution in [3.63, 3.8) is 0 Å². The third-order valence-corrected chi connectivity index (χ3v) is 4.06. The van der Waals surface area contributed by atoms with Crippen LogP contribution in [0.4, 0.5) is 10.1 Å². The van der Waals surface area contributed by atoms with Gasteiger partial charge >= 0.3 is 0 Å². The number of hydrogen-bond donors (Lipinski definition) is 2. The molecule has 3 aromatic carbocycles. The van der Waals surface area contributed by atoms with Crippen LogP contribution in [0.15, 0.2) is 60.7 Å². The first-order valence-corrected chi connectivity index (χ1v) is 7.80. The molecule has 3 aromatic rings. The molecule has 1 unspecified atom stereocenters. The molecule has 0 aliphatic heterocycles. The van der Waals surface area contributed by atoms with Gasteiger partial charge in [-0.3, -0.25) is 0 Å². The predicted molar refractivity (Wildman–Crippen MR) is 93.2 cm³/mol. The molecule has 0 aromatic heterocycles. The zero-order chi connectivity index (χ0) is 16.2. The highest BCUT2D eigenvalue weighted by atomic mass is 19.1. The van der Waals surface area contributed by atoms with Gasteiger partial charge in [0.15, 0.2) is 0 Å². The van der Waals surface area contributed by atoms with E-state index in [2.05, 4.69) is 11.4 Å². The third kappa shape index (κ3) is 3.69. The average molecular weight is 309 g/mol. The Labute approximate surface area is 135 Å². The molecule has 1 atom stereocenters. The Kier molecular flexibility index (Phi) is 4.58. The van der Waals surface area contributed by atoms with Crippen LogP contribution < -0.4 is 5.32 Å². The number of rotatable bonds is 5. The molecule has 0 saturated carbocycles. The molecule has 0 fully saturated rings. The molecular formula is C20H20FNO. The van der Waals surface area contributed by atoms with Gasteiger partial charge in [-0.15, -0.1) is 0 Å². The summed E-state index contributed by atoms with van der Waals surface area (Å²) in [4.78, 5) is 0. The fraction of sp³-hybridized carbons (Fsp3) is 0.200.